The molecule has 0 aromatic rings. The molecular formula is C9H14O3. The smallest absolute Gasteiger partial charge is 0.180 e. The van der Waals surface area contributed by atoms with Crippen LogP contribution in [0.5, 0.6) is 0 Å². The summed E-state index contributed by atoms with van der Waals surface area (Å²) >= 11 is 0. The molecule has 1 aliphatic carbocycles. The zero-order chi connectivity index (χ0) is 9.19. The Morgan fingerprint density at radius 1 is 1.42 bits per heavy atom. The molecule has 1 aliphatic rings. The van der Waals surface area contributed by atoms with Gasteiger partial charge < -0.3 is 5.11 Å². The van der Waals surface area contributed by atoms with Crippen LogP contribution in [0.15, 0.2) is 0 Å². The fraction of sp³-hybridized carbons (Fsp3) is 0.778. The molecule has 0 radical (unpaired) electrons. The molecule has 12 heavy (non-hydrogen) atoms. The molecule has 0 amide bonds. The summed E-state index contributed by atoms with van der Waals surface area (Å²) in [5.74, 6) is -0.707. The Morgan fingerprint density at radius 3 is 2.67 bits per heavy atom. The fourth-order valence-corrected chi connectivity index (χ4v) is 1.56. The molecule has 1 unspecified atom stereocenters. The van der Waals surface area contributed by atoms with Gasteiger partial charge in [-0.15, -0.1) is 0 Å². The molecular weight excluding hydrogens is 156 g/mol. The molecule has 0 heterocycles. The van der Waals surface area contributed by atoms with Crippen LogP contribution >= 0.6 is 0 Å². The van der Waals surface area contributed by atoms with Gasteiger partial charge in [0, 0.05) is 6.42 Å². The SMILES string of the molecule is CC(=O)C1(O)CCCCCC1=O. The molecule has 1 saturated carbocycles. The fourth-order valence-electron chi connectivity index (χ4n) is 1.56. The maximum Gasteiger partial charge on any atom is 0.180 e. The Labute approximate surface area is 71.8 Å². The summed E-state index contributed by atoms with van der Waals surface area (Å²) < 4.78 is 0. The summed E-state index contributed by atoms with van der Waals surface area (Å²) in [7, 11) is 0. The van der Waals surface area contributed by atoms with Crippen molar-refractivity contribution in [1.82, 2.24) is 0 Å². The average molecular weight is 170 g/mol. The van der Waals surface area contributed by atoms with Gasteiger partial charge in [-0.1, -0.05) is 6.42 Å². The van der Waals surface area contributed by atoms with Crippen LogP contribution in [0.4, 0.5) is 0 Å². The van der Waals surface area contributed by atoms with Crippen LogP contribution in [0.2, 0.25) is 0 Å². The topological polar surface area (TPSA) is 54.4 Å². The zero-order valence-corrected chi connectivity index (χ0v) is 7.30. The van der Waals surface area contributed by atoms with Gasteiger partial charge in [0.25, 0.3) is 0 Å². The van der Waals surface area contributed by atoms with Crippen molar-refractivity contribution in [2.24, 2.45) is 0 Å². The first-order chi connectivity index (χ1) is 5.57. The van der Waals surface area contributed by atoms with Crippen LogP contribution in [-0.2, 0) is 9.59 Å². The monoisotopic (exact) mass is 170 g/mol. The second kappa shape index (κ2) is 3.35. The Kier molecular flexibility index (Phi) is 2.62. The summed E-state index contributed by atoms with van der Waals surface area (Å²) in [5, 5.41) is 9.70. The van der Waals surface area contributed by atoms with E-state index in [0.29, 0.717) is 12.8 Å². The van der Waals surface area contributed by atoms with Gasteiger partial charge >= 0.3 is 0 Å². The molecule has 68 valence electrons. The third kappa shape index (κ3) is 1.55. The number of rotatable bonds is 1. The maximum absolute atomic E-state index is 11.3. The van der Waals surface area contributed by atoms with E-state index >= 15 is 0 Å². The van der Waals surface area contributed by atoms with Gasteiger partial charge in [0.2, 0.25) is 0 Å². The van der Waals surface area contributed by atoms with Crippen LogP contribution in [0.25, 0.3) is 0 Å². The summed E-state index contributed by atoms with van der Waals surface area (Å²) in [5.41, 5.74) is -1.66. The lowest BCUT2D eigenvalue weighted by atomic mass is 9.89. The summed E-state index contributed by atoms with van der Waals surface area (Å²) in [6.07, 6.45) is 3.15. The molecule has 1 N–H and O–H groups in total. The van der Waals surface area contributed by atoms with Gasteiger partial charge in [-0.2, -0.15) is 0 Å². The molecule has 0 aromatic carbocycles. The summed E-state index contributed by atoms with van der Waals surface area (Å²) in [4.78, 5) is 22.3. The number of aliphatic hydroxyl groups is 1. The highest BCUT2D eigenvalue weighted by molar-refractivity contribution is 6.09. The number of ketones is 2. The van der Waals surface area contributed by atoms with Crippen LogP contribution < -0.4 is 0 Å². The molecule has 1 rings (SSSR count). The van der Waals surface area contributed by atoms with Crippen molar-refractivity contribution in [3.05, 3.63) is 0 Å². The van der Waals surface area contributed by atoms with Crippen molar-refractivity contribution in [2.45, 2.75) is 44.6 Å². The Balaban J connectivity index is 2.83. The lowest BCUT2D eigenvalue weighted by Crippen LogP contribution is -2.44. The number of carbonyl (C=O) groups is 2. The largest absolute Gasteiger partial charge is 0.375 e. The minimum Gasteiger partial charge on any atom is -0.375 e. The standard InChI is InChI=1S/C9H14O3/c1-7(10)9(12)6-4-2-3-5-8(9)11/h12H,2-6H2,1H3. The lowest BCUT2D eigenvalue weighted by molar-refractivity contribution is -0.149. The minimum atomic E-state index is -1.66. The van der Waals surface area contributed by atoms with Crippen LogP contribution in [0.3, 0.4) is 0 Å². The van der Waals surface area contributed by atoms with E-state index in [9.17, 15) is 14.7 Å². The molecule has 1 atom stereocenters. The van der Waals surface area contributed by atoms with E-state index in [2.05, 4.69) is 0 Å². The van der Waals surface area contributed by atoms with Crippen molar-refractivity contribution >= 4 is 11.6 Å². The molecule has 3 heteroatoms. The van der Waals surface area contributed by atoms with Crippen molar-refractivity contribution in [2.75, 3.05) is 0 Å². The molecule has 0 bridgehead atoms. The molecule has 1 fully saturated rings. The molecule has 3 nitrogen and oxygen atoms in total. The Hall–Kier alpha value is -0.700. The summed E-state index contributed by atoms with van der Waals surface area (Å²) in [6, 6.07) is 0. The van der Waals surface area contributed by atoms with E-state index in [0.717, 1.165) is 19.3 Å². The number of carbonyl (C=O) groups excluding carboxylic acids is 2. The van der Waals surface area contributed by atoms with Gasteiger partial charge in [-0.25, -0.2) is 0 Å². The van der Waals surface area contributed by atoms with Gasteiger partial charge in [-0.05, 0) is 26.2 Å². The van der Waals surface area contributed by atoms with Gasteiger partial charge in [0.05, 0.1) is 0 Å². The Bertz CT molecular complexity index is 210. The van der Waals surface area contributed by atoms with Crippen molar-refractivity contribution in [1.29, 1.82) is 0 Å². The van der Waals surface area contributed by atoms with E-state index in [1.165, 1.54) is 6.92 Å². The minimum absolute atomic E-state index is 0.299. The molecule has 0 saturated heterocycles. The lowest BCUT2D eigenvalue weighted by Gasteiger charge is -2.20. The average Bonchev–Trinajstić information content (AvgIpc) is 2.16. The van der Waals surface area contributed by atoms with Crippen LogP contribution in [-0.4, -0.2) is 22.3 Å². The number of hydrogen-bond acceptors (Lipinski definition) is 3. The first-order valence-electron chi connectivity index (χ1n) is 4.34. The molecule has 0 aromatic heterocycles. The number of Topliss-reactive ketones (excluding diaryl/α,β-unsaturated/α-hetero) is 2. The molecule has 0 spiro atoms. The Morgan fingerprint density at radius 2 is 2.08 bits per heavy atom. The predicted molar refractivity (Wildman–Crippen MR) is 43.7 cm³/mol. The third-order valence-corrected chi connectivity index (χ3v) is 2.49. The van der Waals surface area contributed by atoms with Gasteiger partial charge in [0.1, 0.15) is 0 Å². The highest BCUT2D eigenvalue weighted by Crippen LogP contribution is 2.24. The first-order valence-corrected chi connectivity index (χ1v) is 4.34. The van der Waals surface area contributed by atoms with Crippen LogP contribution in [0, 0.1) is 0 Å². The summed E-state index contributed by atoms with van der Waals surface area (Å²) in [6.45, 7) is 1.28. The second-order valence-electron chi connectivity index (χ2n) is 3.40. The first kappa shape index (κ1) is 9.39. The maximum atomic E-state index is 11.3. The molecule has 0 aliphatic heterocycles. The van der Waals surface area contributed by atoms with E-state index < -0.39 is 11.4 Å². The normalized spacial score (nSPS) is 31.3. The predicted octanol–water partition coefficient (Wildman–Crippen LogP) is 0.840. The van der Waals surface area contributed by atoms with Crippen molar-refractivity contribution < 1.29 is 14.7 Å². The van der Waals surface area contributed by atoms with E-state index in [4.69, 9.17) is 0 Å². The second-order valence-corrected chi connectivity index (χ2v) is 3.40. The van der Waals surface area contributed by atoms with E-state index in [1.54, 1.807) is 0 Å². The van der Waals surface area contributed by atoms with Gasteiger partial charge in [-0.3, -0.25) is 9.59 Å². The highest BCUT2D eigenvalue weighted by atomic mass is 16.3. The van der Waals surface area contributed by atoms with E-state index in [-0.39, 0.29) is 5.78 Å². The van der Waals surface area contributed by atoms with Gasteiger partial charge in [0.15, 0.2) is 17.2 Å². The van der Waals surface area contributed by atoms with Crippen molar-refractivity contribution in [3.63, 3.8) is 0 Å². The third-order valence-electron chi connectivity index (χ3n) is 2.49. The van der Waals surface area contributed by atoms with E-state index in [1.807, 2.05) is 0 Å². The van der Waals surface area contributed by atoms with Crippen molar-refractivity contribution in [3.8, 4) is 0 Å². The zero-order valence-electron chi connectivity index (χ0n) is 7.30. The highest BCUT2D eigenvalue weighted by Gasteiger charge is 2.40. The quantitative estimate of drug-likeness (QED) is 0.468. The van der Waals surface area contributed by atoms with Crippen LogP contribution in [0.1, 0.15) is 39.0 Å². The number of hydrogen-bond donors (Lipinski definition) is 1.